The third kappa shape index (κ3) is 4.32. The molecular weight excluding hydrogens is 341 g/mol. The molecule has 0 saturated heterocycles. The van der Waals surface area contributed by atoms with Crippen LogP contribution in [0.3, 0.4) is 0 Å². The average Bonchev–Trinajstić information content (AvgIpc) is 3.22. The molecule has 9 heteroatoms. The van der Waals surface area contributed by atoms with E-state index in [-0.39, 0.29) is 30.4 Å². The molecule has 0 saturated carbocycles. The van der Waals surface area contributed by atoms with E-state index in [4.69, 9.17) is 5.11 Å². The summed E-state index contributed by atoms with van der Waals surface area (Å²) in [5.41, 5.74) is 1.29. The smallest absolute Gasteiger partial charge is 0.354 e. The van der Waals surface area contributed by atoms with Gasteiger partial charge in [0.25, 0.3) is 0 Å². The van der Waals surface area contributed by atoms with Crippen molar-refractivity contribution in [2.45, 2.75) is 19.5 Å². The van der Waals surface area contributed by atoms with Gasteiger partial charge in [-0.1, -0.05) is 12.1 Å². The first-order valence-corrected chi connectivity index (χ1v) is 7.83. The summed E-state index contributed by atoms with van der Waals surface area (Å²) in [5.74, 6) is -1.70. The molecule has 0 atom stereocenters. The van der Waals surface area contributed by atoms with Crippen LogP contribution in [-0.4, -0.2) is 36.5 Å². The standard InChI is InChI=1S/C17H16FN5O3/c18-13-3-1-2-12(8-13)10-22-11-14(9-20-22)21-16(24)5-7-23-15(17(25)26)4-6-19-23/h1-4,6,8-9,11H,5,7,10H2,(H,21,24)(H,25,26). The van der Waals surface area contributed by atoms with Crippen molar-refractivity contribution in [1.82, 2.24) is 19.6 Å². The van der Waals surface area contributed by atoms with Gasteiger partial charge in [0.05, 0.1) is 25.0 Å². The van der Waals surface area contributed by atoms with Gasteiger partial charge in [-0.05, 0) is 23.8 Å². The quantitative estimate of drug-likeness (QED) is 0.673. The molecule has 3 rings (SSSR count). The van der Waals surface area contributed by atoms with Gasteiger partial charge in [-0.15, -0.1) is 0 Å². The van der Waals surface area contributed by atoms with Crippen molar-refractivity contribution in [2.75, 3.05) is 5.32 Å². The number of carboxylic acid groups (broad SMARTS) is 1. The molecule has 0 spiro atoms. The third-order valence-electron chi connectivity index (χ3n) is 3.64. The van der Waals surface area contributed by atoms with E-state index in [1.54, 1.807) is 23.0 Å². The van der Waals surface area contributed by atoms with Crippen LogP contribution in [0.25, 0.3) is 0 Å². The van der Waals surface area contributed by atoms with Crippen LogP contribution < -0.4 is 5.32 Å². The Morgan fingerprint density at radius 1 is 1.23 bits per heavy atom. The number of rotatable bonds is 7. The van der Waals surface area contributed by atoms with Crippen LogP contribution in [0.15, 0.2) is 48.9 Å². The fraction of sp³-hybridized carbons (Fsp3) is 0.176. The maximum absolute atomic E-state index is 13.2. The van der Waals surface area contributed by atoms with Crippen molar-refractivity contribution in [2.24, 2.45) is 0 Å². The fourth-order valence-electron chi connectivity index (χ4n) is 2.46. The van der Waals surface area contributed by atoms with E-state index in [0.717, 1.165) is 5.56 Å². The summed E-state index contributed by atoms with van der Waals surface area (Å²) in [4.78, 5) is 23.0. The molecule has 8 nitrogen and oxygen atoms in total. The highest BCUT2D eigenvalue weighted by molar-refractivity contribution is 5.90. The molecule has 1 aromatic carbocycles. The van der Waals surface area contributed by atoms with Crippen LogP contribution in [-0.2, 0) is 17.9 Å². The van der Waals surface area contributed by atoms with Crippen LogP contribution in [0.4, 0.5) is 10.1 Å². The van der Waals surface area contributed by atoms with Crippen molar-refractivity contribution >= 4 is 17.6 Å². The second-order valence-electron chi connectivity index (χ2n) is 5.60. The largest absolute Gasteiger partial charge is 0.477 e. The summed E-state index contributed by atoms with van der Waals surface area (Å²) in [6.07, 6.45) is 4.57. The molecule has 0 bridgehead atoms. The minimum atomic E-state index is -1.10. The highest BCUT2D eigenvalue weighted by Crippen LogP contribution is 2.10. The summed E-state index contributed by atoms with van der Waals surface area (Å²) in [7, 11) is 0. The zero-order valence-electron chi connectivity index (χ0n) is 13.7. The van der Waals surface area contributed by atoms with Crippen molar-refractivity contribution in [3.63, 3.8) is 0 Å². The lowest BCUT2D eigenvalue weighted by Crippen LogP contribution is -2.17. The zero-order chi connectivity index (χ0) is 18.5. The molecule has 0 radical (unpaired) electrons. The molecule has 0 aliphatic carbocycles. The van der Waals surface area contributed by atoms with Crippen LogP contribution in [0.5, 0.6) is 0 Å². The lowest BCUT2D eigenvalue weighted by molar-refractivity contribution is -0.116. The molecule has 1 amide bonds. The van der Waals surface area contributed by atoms with E-state index in [9.17, 15) is 14.0 Å². The molecule has 2 N–H and O–H groups in total. The number of carbonyl (C=O) groups excluding carboxylic acids is 1. The Morgan fingerprint density at radius 2 is 2.08 bits per heavy atom. The first-order chi connectivity index (χ1) is 12.5. The predicted molar refractivity (Wildman–Crippen MR) is 90.2 cm³/mol. The van der Waals surface area contributed by atoms with Crippen molar-refractivity contribution in [3.8, 4) is 0 Å². The number of aryl methyl sites for hydroxylation is 1. The summed E-state index contributed by atoms with van der Waals surface area (Å²) >= 11 is 0. The van der Waals surface area contributed by atoms with Crippen molar-refractivity contribution in [3.05, 3.63) is 66.0 Å². The molecule has 0 unspecified atom stereocenters. The van der Waals surface area contributed by atoms with E-state index in [1.807, 2.05) is 0 Å². The minimum Gasteiger partial charge on any atom is -0.477 e. The Balaban J connectivity index is 1.54. The lowest BCUT2D eigenvalue weighted by Gasteiger charge is -2.05. The number of nitrogens with zero attached hydrogens (tertiary/aromatic N) is 4. The molecule has 0 fully saturated rings. The fourth-order valence-corrected chi connectivity index (χ4v) is 2.46. The summed E-state index contributed by atoms with van der Waals surface area (Å²) in [5, 5.41) is 19.7. The lowest BCUT2D eigenvalue weighted by atomic mass is 10.2. The first-order valence-electron chi connectivity index (χ1n) is 7.83. The molecule has 134 valence electrons. The number of hydrogen-bond acceptors (Lipinski definition) is 4. The second-order valence-corrected chi connectivity index (χ2v) is 5.60. The Morgan fingerprint density at radius 3 is 2.85 bits per heavy atom. The van der Waals surface area contributed by atoms with E-state index in [2.05, 4.69) is 15.5 Å². The van der Waals surface area contributed by atoms with Gasteiger partial charge < -0.3 is 10.4 Å². The van der Waals surface area contributed by atoms with Gasteiger partial charge in [-0.25, -0.2) is 9.18 Å². The SMILES string of the molecule is O=C(CCn1nccc1C(=O)O)Nc1cnn(Cc2cccc(F)c2)c1. The van der Waals surface area contributed by atoms with Crippen molar-refractivity contribution < 1.29 is 19.1 Å². The molecule has 26 heavy (non-hydrogen) atoms. The first kappa shape index (κ1) is 17.3. The van der Waals surface area contributed by atoms with E-state index in [1.165, 1.54) is 35.3 Å². The predicted octanol–water partition coefficient (Wildman–Crippen LogP) is 1.99. The van der Waals surface area contributed by atoms with Gasteiger partial charge >= 0.3 is 5.97 Å². The normalized spacial score (nSPS) is 10.7. The maximum Gasteiger partial charge on any atom is 0.354 e. The molecular formula is C17H16FN5O3. The zero-order valence-corrected chi connectivity index (χ0v) is 13.7. The van der Waals surface area contributed by atoms with E-state index < -0.39 is 5.97 Å². The van der Waals surface area contributed by atoms with Crippen LogP contribution in [0, 0.1) is 5.82 Å². The Labute approximate surface area is 147 Å². The number of nitrogens with one attached hydrogen (secondary N) is 1. The molecule has 0 aliphatic rings. The number of hydrogen-bond donors (Lipinski definition) is 2. The average molecular weight is 357 g/mol. The number of carbonyl (C=O) groups is 2. The van der Waals surface area contributed by atoms with Crippen LogP contribution >= 0.6 is 0 Å². The van der Waals surface area contributed by atoms with Gasteiger partial charge in [-0.3, -0.25) is 14.2 Å². The third-order valence-corrected chi connectivity index (χ3v) is 3.64. The number of aromatic carboxylic acids is 1. The summed E-state index contributed by atoms with van der Waals surface area (Å²) in [6, 6.07) is 7.57. The second kappa shape index (κ2) is 7.60. The summed E-state index contributed by atoms with van der Waals surface area (Å²) in [6.45, 7) is 0.529. The summed E-state index contributed by atoms with van der Waals surface area (Å²) < 4.78 is 16.0. The van der Waals surface area contributed by atoms with Gasteiger partial charge in [0, 0.05) is 18.8 Å². The molecule has 0 aliphatic heterocycles. The van der Waals surface area contributed by atoms with E-state index in [0.29, 0.717) is 12.2 Å². The Hall–Kier alpha value is -3.49. The highest BCUT2D eigenvalue weighted by atomic mass is 19.1. The van der Waals surface area contributed by atoms with Gasteiger partial charge in [0.15, 0.2) is 0 Å². The van der Waals surface area contributed by atoms with Gasteiger partial charge in [-0.2, -0.15) is 10.2 Å². The molecule has 2 heterocycles. The van der Waals surface area contributed by atoms with Crippen molar-refractivity contribution in [1.29, 1.82) is 0 Å². The van der Waals surface area contributed by atoms with Crippen LogP contribution in [0.2, 0.25) is 0 Å². The maximum atomic E-state index is 13.2. The molecule has 2 aromatic heterocycles. The number of amides is 1. The molecule has 3 aromatic rings. The minimum absolute atomic E-state index is 0.0284. The van der Waals surface area contributed by atoms with E-state index >= 15 is 0 Å². The number of aromatic nitrogens is 4. The van der Waals surface area contributed by atoms with Gasteiger partial charge in [0.1, 0.15) is 11.5 Å². The number of anilines is 1. The number of benzene rings is 1. The van der Waals surface area contributed by atoms with Gasteiger partial charge in [0.2, 0.25) is 5.91 Å². The topological polar surface area (TPSA) is 102 Å². The van der Waals surface area contributed by atoms with Crippen LogP contribution in [0.1, 0.15) is 22.5 Å². The Kier molecular flexibility index (Phi) is 5.07. The Bertz CT molecular complexity index is 934. The number of carboxylic acids is 1. The number of halogens is 1. The monoisotopic (exact) mass is 357 g/mol. The highest BCUT2D eigenvalue weighted by Gasteiger charge is 2.12.